The van der Waals surface area contributed by atoms with Crippen LogP contribution in [-0.4, -0.2) is 16.7 Å². The van der Waals surface area contributed by atoms with Crippen molar-refractivity contribution >= 4 is 22.3 Å². The number of ketones is 2. The van der Waals surface area contributed by atoms with Crippen LogP contribution in [0.1, 0.15) is 34.6 Å². The molecule has 0 amide bonds. The van der Waals surface area contributed by atoms with Gasteiger partial charge in [0, 0.05) is 10.9 Å². The second-order valence-electron chi connectivity index (χ2n) is 3.98. The number of phenolic OH excluding ortho intramolecular Hbond substituents is 1. The van der Waals surface area contributed by atoms with E-state index in [0.29, 0.717) is 5.39 Å². The van der Waals surface area contributed by atoms with Crippen molar-refractivity contribution in [1.82, 2.24) is 0 Å². The Morgan fingerprint density at radius 1 is 1.06 bits per heavy atom. The molecule has 0 aromatic heterocycles. The Balaban J connectivity index is 2.94. The van der Waals surface area contributed by atoms with Gasteiger partial charge in [0.15, 0.2) is 11.6 Å². The number of carbonyl (C=O) groups excluding carboxylic acids is 2. The fourth-order valence-corrected chi connectivity index (χ4v) is 1.96. The minimum absolute atomic E-state index is 0.108. The maximum Gasteiger partial charge on any atom is 0.164 e. The number of hydrogen-bond acceptors (Lipinski definition) is 3. The van der Waals surface area contributed by atoms with E-state index in [2.05, 4.69) is 0 Å². The number of fused-ring (bicyclic) bond motifs is 1. The summed E-state index contributed by atoms with van der Waals surface area (Å²) in [5, 5.41) is 11.4. The van der Waals surface area contributed by atoms with Crippen molar-refractivity contribution in [3.05, 3.63) is 41.5 Å². The first-order valence-electron chi connectivity index (χ1n) is 5.29. The van der Waals surface area contributed by atoms with Gasteiger partial charge in [0.25, 0.3) is 0 Å². The van der Waals surface area contributed by atoms with Crippen LogP contribution in [0.3, 0.4) is 0 Å². The average Bonchev–Trinajstić information content (AvgIpc) is 2.28. The van der Waals surface area contributed by atoms with Crippen molar-refractivity contribution in [3.8, 4) is 5.75 Å². The molecule has 0 aliphatic carbocycles. The zero-order valence-electron chi connectivity index (χ0n) is 9.65. The normalized spacial score (nSPS) is 10.5. The third kappa shape index (κ3) is 1.80. The van der Waals surface area contributed by atoms with Gasteiger partial charge in [-0.1, -0.05) is 24.3 Å². The van der Waals surface area contributed by atoms with E-state index in [0.717, 1.165) is 5.39 Å². The van der Waals surface area contributed by atoms with Crippen LogP contribution in [0.15, 0.2) is 30.3 Å². The van der Waals surface area contributed by atoms with Crippen molar-refractivity contribution in [2.75, 3.05) is 0 Å². The number of aromatic hydroxyl groups is 1. The summed E-state index contributed by atoms with van der Waals surface area (Å²) in [5.41, 5.74) is 0.380. The van der Waals surface area contributed by atoms with Gasteiger partial charge in [-0.25, -0.2) is 0 Å². The second kappa shape index (κ2) is 4.01. The van der Waals surface area contributed by atoms with E-state index in [1.807, 2.05) is 6.07 Å². The van der Waals surface area contributed by atoms with Crippen LogP contribution in [0.4, 0.5) is 0 Å². The van der Waals surface area contributed by atoms with E-state index in [1.54, 1.807) is 24.3 Å². The van der Waals surface area contributed by atoms with Crippen LogP contribution in [0.25, 0.3) is 10.8 Å². The molecule has 0 saturated carbocycles. The van der Waals surface area contributed by atoms with Crippen molar-refractivity contribution in [2.45, 2.75) is 13.8 Å². The molecule has 3 nitrogen and oxygen atoms in total. The van der Waals surface area contributed by atoms with Crippen LogP contribution < -0.4 is 0 Å². The zero-order chi connectivity index (χ0) is 12.6. The van der Waals surface area contributed by atoms with Gasteiger partial charge in [0.2, 0.25) is 0 Å². The summed E-state index contributed by atoms with van der Waals surface area (Å²) in [7, 11) is 0. The third-order valence-electron chi connectivity index (χ3n) is 2.75. The Morgan fingerprint density at radius 3 is 2.29 bits per heavy atom. The van der Waals surface area contributed by atoms with Gasteiger partial charge in [0.05, 0.1) is 5.56 Å². The standard InChI is InChI=1S/C14H12O3/c1-8(15)12-7-10-5-3-4-6-11(10)14(17)13(12)9(2)16/h3-7,17H,1-2H3. The highest BCUT2D eigenvalue weighted by Gasteiger charge is 2.18. The van der Waals surface area contributed by atoms with Crippen LogP contribution >= 0.6 is 0 Å². The number of Topliss-reactive ketones (excluding diaryl/α,β-unsaturated/α-hetero) is 2. The molecule has 1 N–H and O–H groups in total. The molecule has 0 bridgehead atoms. The SMILES string of the molecule is CC(=O)c1cc2ccccc2c(O)c1C(C)=O. The number of hydrogen-bond donors (Lipinski definition) is 1. The first-order valence-corrected chi connectivity index (χ1v) is 5.29. The molecule has 0 aliphatic heterocycles. The summed E-state index contributed by atoms with van der Waals surface area (Å²) in [4.78, 5) is 23.0. The van der Waals surface area contributed by atoms with E-state index in [9.17, 15) is 14.7 Å². The van der Waals surface area contributed by atoms with Crippen molar-refractivity contribution in [2.24, 2.45) is 0 Å². The molecule has 0 spiro atoms. The lowest BCUT2D eigenvalue weighted by Gasteiger charge is -2.10. The average molecular weight is 228 g/mol. The van der Waals surface area contributed by atoms with E-state index in [4.69, 9.17) is 0 Å². The molecule has 0 saturated heterocycles. The Kier molecular flexibility index (Phi) is 2.68. The van der Waals surface area contributed by atoms with E-state index in [-0.39, 0.29) is 28.4 Å². The summed E-state index contributed by atoms with van der Waals surface area (Å²) in [6.45, 7) is 2.73. The predicted octanol–water partition coefficient (Wildman–Crippen LogP) is 2.95. The summed E-state index contributed by atoms with van der Waals surface area (Å²) in [5.74, 6) is -0.643. The Hall–Kier alpha value is -2.16. The lowest BCUT2D eigenvalue weighted by molar-refractivity contribution is 0.0978. The van der Waals surface area contributed by atoms with Gasteiger partial charge in [-0.3, -0.25) is 9.59 Å². The number of benzene rings is 2. The maximum atomic E-state index is 11.5. The van der Waals surface area contributed by atoms with Gasteiger partial charge >= 0.3 is 0 Å². The van der Waals surface area contributed by atoms with Crippen LogP contribution in [0.2, 0.25) is 0 Å². The fraction of sp³-hybridized carbons (Fsp3) is 0.143. The minimum Gasteiger partial charge on any atom is -0.507 e. The summed E-state index contributed by atoms with van der Waals surface area (Å²) < 4.78 is 0. The number of phenols is 1. The van der Waals surface area contributed by atoms with Crippen LogP contribution in [0.5, 0.6) is 5.75 Å². The fourth-order valence-electron chi connectivity index (χ4n) is 1.96. The monoisotopic (exact) mass is 228 g/mol. The second-order valence-corrected chi connectivity index (χ2v) is 3.98. The Bertz CT molecular complexity index is 627. The highest BCUT2D eigenvalue weighted by atomic mass is 16.3. The molecule has 2 rings (SSSR count). The third-order valence-corrected chi connectivity index (χ3v) is 2.75. The van der Waals surface area contributed by atoms with Crippen molar-refractivity contribution in [3.63, 3.8) is 0 Å². The maximum absolute atomic E-state index is 11.5. The smallest absolute Gasteiger partial charge is 0.164 e. The van der Waals surface area contributed by atoms with Gasteiger partial charge in [-0.05, 0) is 25.3 Å². The summed E-state index contributed by atoms with van der Waals surface area (Å²) >= 11 is 0. The molecule has 0 radical (unpaired) electrons. The number of carbonyl (C=O) groups is 2. The molecule has 2 aromatic carbocycles. The van der Waals surface area contributed by atoms with E-state index < -0.39 is 0 Å². The van der Waals surface area contributed by atoms with Crippen molar-refractivity contribution < 1.29 is 14.7 Å². The van der Waals surface area contributed by atoms with E-state index >= 15 is 0 Å². The molecular weight excluding hydrogens is 216 g/mol. The molecule has 17 heavy (non-hydrogen) atoms. The molecule has 0 heterocycles. The highest BCUT2D eigenvalue weighted by molar-refractivity contribution is 6.13. The highest BCUT2D eigenvalue weighted by Crippen LogP contribution is 2.32. The summed E-state index contributed by atoms with van der Waals surface area (Å²) in [6.07, 6.45) is 0. The van der Waals surface area contributed by atoms with E-state index in [1.165, 1.54) is 13.8 Å². The molecule has 0 unspecified atom stereocenters. The lowest BCUT2D eigenvalue weighted by Crippen LogP contribution is -2.04. The molecular formula is C14H12O3. The summed E-state index contributed by atoms with van der Waals surface area (Å²) in [6, 6.07) is 8.76. The molecule has 0 fully saturated rings. The van der Waals surface area contributed by atoms with Gasteiger partial charge in [-0.15, -0.1) is 0 Å². The zero-order valence-corrected chi connectivity index (χ0v) is 9.65. The molecule has 0 aliphatic rings. The first-order chi connectivity index (χ1) is 8.02. The van der Waals surface area contributed by atoms with Crippen LogP contribution in [0, 0.1) is 0 Å². The van der Waals surface area contributed by atoms with Gasteiger partial charge in [0.1, 0.15) is 5.75 Å². The van der Waals surface area contributed by atoms with Gasteiger partial charge < -0.3 is 5.11 Å². The van der Waals surface area contributed by atoms with Crippen LogP contribution in [-0.2, 0) is 0 Å². The largest absolute Gasteiger partial charge is 0.507 e. The quantitative estimate of drug-likeness (QED) is 0.804. The lowest BCUT2D eigenvalue weighted by atomic mass is 9.95. The molecule has 3 heteroatoms. The number of rotatable bonds is 2. The molecule has 86 valence electrons. The minimum atomic E-state index is -0.307. The Labute approximate surface area is 98.7 Å². The Morgan fingerprint density at radius 2 is 1.71 bits per heavy atom. The molecule has 2 aromatic rings. The first kappa shape index (κ1) is 11.3. The van der Waals surface area contributed by atoms with Crippen molar-refractivity contribution in [1.29, 1.82) is 0 Å². The van der Waals surface area contributed by atoms with Gasteiger partial charge in [-0.2, -0.15) is 0 Å². The molecule has 0 atom stereocenters. The predicted molar refractivity (Wildman–Crippen MR) is 65.6 cm³/mol. The topological polar surface area (TPSA) is 54.4 Å².